The van der Waals surface area contributed by atoms with Crippen LogP contribution in [-0.4, -0.2) is 9.90 Å². The molecule has 0 saturated carbocycles. The Morgan fingerprint density at radius 3 is 2.69 bits per heavy atom. The molecule has 0 aliphatic rings. The first-order valence-corrected chi connectivity index (χ1v) is 5.81. The van der Waals surface area contributed by atoms with Crippen molar-refractivity contribution in [3.8, 4) is 5.69 Å². The first-order chi connectivity index (χ1) is 7.81. The van der Waals surface area contributed by atoms with Gasteiger partial charge in [0.15, 0.2) is 17.6 Å². The summed E-state index contributed by atoms with van der Waals surface area (Å²) in [7, 11) is 2.00. The minimum atomic E-state index is 1.10. The van der Waals surface area contributed by atoms with Gasteiger partial charge in [-0.1, -0.05) is 31.5 Å². The predicted molar refractivity (Wildman–Crippen MR) is 63.4 cm³/mol. The number of hydrogen-bond donors (Lipinski definition) is 0. The van der Waals surface area contributed by atoms with Crippen molar-refractivity contribution in [1.82, 2.24) is 9.90 Å². The quantitative estimate of drug-likeness (QED) is 0.717. The molecular weight excluding hydrogens is 198 g/mol. The maximum absolute atomic E-state index is 4.47. The Morgan fingerprint density at radius 1 is 1.25 bits per heavy atom. The third-order valence-electron chi connectivity index (χ3n) is 2.72. The number of para-hydroxylation sites is 1. The van der Waals surface area contributed by atoms with Crippen LogP contribution in [0.2, 0.25) is 0 Å². The van der Waals surface area contributed by atoms with Gasteiger partial charge in [-0.15, -0.1) is 9.36 Å². The lowest BCUT2D eigenvalue weighted by atomic mass is 10.2. The predicted octanol–water partition coefficient (Wildman–Crippen LogP) is 2.04. The smallest absolute Gasteiger partial charge is 0.137 e. The molecule has 0 saturated heterocycles. The summed E-state index contributed by atoms with van der Waals surface area (Å²) in [5.74, 6) is 0. The highest BCUT2D eigenvalue weighted by Gasteiger charge is 2.12. The van der Waals surface area contributed by atoms with Gasteiger partial charge in [-0.25, -0.2) is 0 Å². The van der Waals surface area contributed by atoms with Crippen LogP contribution in [0.3, 0.4) is 0 Å². The summed E-state index contributed by atoms with van der Waals surface area (Å²) >= 11 is 0. The lowest BCUT2D eigenvalue weighted by Crippen LogP contribution is -2.32. The van der Waals surface area contributed by atoms with Crippen LogP contribution in [0.1, 0.15) is 25.5 Å². The zero-order chi connectivity index (χ0) is 11.4. The van der Waals surface area contributed by atoms with E-state index in [0.29, 0.717) is 0 Å². The molecule has 0 radical (unpaired) electrons. The second kappa shape index (κ2) is 4.92. The third-order valence-corrected chi connectivity index (χ3v) is 2.72. The molecule has 2 aromatic rings. The summed E-state index contributed by atoms with van der Waals surface area (Å²) in [6, 6.07) is 10.2. The molecule has 1 aromatic heterocycles. The number of hydrogen-bond acceptors (Lipinski definition) is 1. The lowest BCUT2D eigenvalue weighted by Gasteiger charge is -1.90. The van der Waals surface area contributed by atoms with Crippen LogP contribution in [-0.2, 0) is 13.5 Å². The molecule has 0 fully saturated rings. The third kappa shape index (κ3) is 2.30. The van der Waals surface area contributed by atoms with Gasteiger partial charge in [0.2, 0.25) is 0 Å². The fourth-order valence-corrected chi connectivity index (χ4v) is 1.74. The molecule has 0 amide bonds. The first kappa shape index (κ1) is 10.9. The van der Waals surface area contributed by atoms with Gasteiger partial charge < -0.3 is 0 Å². The van der Waals surface area contributed by atoms with Crippen molar-refractivity contribution in [3.63, 3.8) is 0 Å². The number of nitrogens with zero attached hydrogens (tertiary/aromatic N) is 3. The average Bonchev–Trinajstić information content (AvgIpc) is 2.69. The average molecular weight is 216 g/mol. The topological polar surface area (TPSA) is 21.7 Å². The molecule has 0 spiro atoms. The van der Waals surface area contributed by atoms with Gasteiger partial charge in [0, 0.05) is 6.42 Å². The zero-order valence-electron chi connectivity index (χ0n) is 9.93. The second-order valence-corrected chi connectivity index (χ2v) is 4.02. The van der Waals surface area contributed by atoms with Crippen LogP contribution in [0.25, 0.3) is 5.69 Å². The second-order valence-electron chi connectivity index (χ2n) is 4.02. The van der Waals surface area contributed by atoms with E-state index in [1.54, 1.807) is 0 Å². The number of aryl methyl sites for hydroxylation is 2. The zero-order valence-corrected chi connectivity index (χ0v) is 9.93. The van der Waals surface area contributed by atoms with Gasteiger partial charge in [-0.2, -0.15) is 0 Å². The lowest BCUT2D eigenvalue weighted by molar-refractivity contribution is -0.661. The molecule has 2 rings (SSSR count). The highest BCUT2D eigenvalue weighted by molar-refractivity contribution is 5.20. The highest BCUT2D eigenvalue weighted by Crippen LogP contribution is 2.03. The Labute approximate surface area is 96.3 Å². The van der Waals surface area contributed by atoms with Gasteiger partial charge >= 0.3 is 0 Å². The van der Waals surface area contributed by atoms with E-state index in [1.165, 1.54) is 18.5 Å². The Balaban J connectivity index is 2.24. The van der Waals surface area contributed by atoms with Gasteiger partial charge in [0.25, 0.3) is 0 Å². The van der Waals surface area contributed by atoms with Crippen molar-refractivity contribution in [2.75, 3.05) is 0 Å². The Kier molecular flexibility index (Phi) is 3.34. The fraction of sp³-hybridized carbons (Fsp3) is 0.385. The molecule has 1 heterocycles. The highest BCUT2D eigenvalue weighted by atomic mass is 15.5. The minimum Gasteiger partial charge on any atom is -0.137 e. The van der Waals surface area contributed by atoms with Crippen molar-refractivity contribution >= 4 is 0 Å². The summed E-state index contributed by atoms with van der Waals surface area (Å²) in [5, 5.41) is 4.47. The van der Waals surface area contributed by atoms with Gasteiger partial charge in [0.1, 0.15) is 7.05 Å². The maximum atomic E-state index is 4.47. The molecule has 16 heavy (non-hydrogen) atoms. The van der Waals surface area contributed by atoms with E-state index in [-0.39, 0.29) is 0 Å². The normalized spacial score (nSPS) is 10.6. The van der Waals surface area contributed by atoms with Crippen LogP contribution in [0.4, 0.5) is 0 Å². The Bertz CT molecular complexity index is 445. The summed E-state index contributed by atoms with van der Waals surface area (Å²) in [6.45, 7) is 2.21. The van der Waals surface area contributed by atoms with Crippen LogP contribution in [0.15, 0.2) is 36.5 Å². The molecule has 0 atom stereocenters. The molecule has 0 unspecified atom stereocenters. The monoisotopic (exact) mass is 216 g/mol. The van der Waals surface area contributed by atoms with E-state index in [1.807, 2.05) is 34.6 Å². The van der Waals surface area contributed by atoms with Crippen LogP contribution < -0.4 is 4.68 Å². The van der Waals surface area contributed by atoms with E-state index < -0.39 is 0 Å². The van der Waals surface area contributed by atoms with E-state index in [0.717, 1.165) is 12.1 Å². The summed E-state index contributed by atoms with van der Waals surface area (Å²) in [6.07, 6.45) is 5.65. The molecule has 84 valence electrons. The number of benzene rings is 1. The van der Waals surface area contributed by atoms with E-state index in [4.69, 9.17) is 0 Å². The van der Waals surface area contributed by atoms with E-state index >= 15 is 0 Å². The molecule has 1 aromatic carbocycles. The summed E-state index contributed by atoms with van der Waals surface area (Å²) in [4.78, 5) is 0. The van der Waals surface area contributed by atoms with Crippen molar-refractivity contribution in [3.05, 3.63) is 42.2 Å². The standard InChI is InChI=1S/C13H18N3/c1-3-4-8-13-11-16(14-15(13)2)12-9-6-5-7-10-12/h5-7,9-11H,3-4,8H2,1-2H3/q+1. The Morgan fingerprint density at radius 2 is 2.00 bits per heavy atom. The molecule has 0 bridgehead atoms. The molecule has 3 nitrogen and oxygen atoms in total. The summed E-state index contributed by atoms with van der Waals surface area (Å²) in [5.41, 5.74) is 2.39. The molecule has 0 aliphatic carbocycles. The molecule has 3 heteroatoms. The van der Waals surface area contributed by atoms with Crippen LogP contribution in [0.5, 0.6) is 0 Å². The van der Waals surface area contributed by atoms with Crippen molar-refractivity contribution in [2.45, 2.75) is 26.2 Å². The SMILES string of the molecule is CCCCc1c[n+](-c2ccccc2)nn1C. The molecule has 0 N–H and O–H groups in total. The van der Waals surface area contributed by atoms with Gasteiger partial charge in [0.05, 0.1) is 5.21 Å². The minimum absolute atomic E-state index is 1.10. The van der Waals surface area contributed by atoms with E-state index in [9.17, 15) is 0 Å². The number of unbranched alkanes of at least 4 members (excludes halogenated alkanes) is 1. The first-order valence-electron chi connectivity index (χ1n) is 5.81. The largest absolute Gasteiger partial charge is 0.167 e. The molecular formula is C13H18N3+. The van der Waals surface area contributed by atoms with Crippen LogP contribution >= 0.6 is 0 Å². The Hall–Kier alpha value is -1.64. The van der Waals surface area contributed by atoms with Crippen molar-refractivity contribution in [1.29, 1.82) is 0 Å². The van der Waals surface area contributed by atoms with Gasteiger partial charge in [-0.05, 0) is 18.6 Å². The van der Waals surface area contributed by atoms with Crippen molar-refractivity contribution in [2.24, 2.45) is 7.05 Å². The number of rotatable bonds is 4. The fourth-order valence-electron chi connectivity index (χ4n) is 1.74. The van der Waals surface area contributed by atoms with E-state index in [2.05, 4.69) is 30.5 Å². The van der Waals surface area contributed by atoms with Crippen molar-refractivity contribution < 1.29 is 4.68 Å². The summed E-state index contributed by atoms with van der Waals surface area (Å²) < 4.78 is 3.90. The van der Waals surface area contributed by atoms with Gasteiger partial charge in [-0.3, -0.25) is 0 Å². The maximum Gasteiger partial charge on any atom is 0.167 e. The number of aromatic nitrogens is 3. The molecule has 0 aliphatic heterocycles. The van der Waals surface area contributed by atoms with Crippen LogP contribution in [0, 0.1) is 0 Å².